The Morgan fingerprint density at radius 3 is 2.40 bits per heavy atom. The minimum Gasteiger partial charge on any atom is -0.468 e. The lowest BCUT2D eigenvalue weighted by Crippen LogP contribution is -2.51. The summed E-state index contributed by atoms with van der Waals surface area (Å²) in [4.78, 5) is 16.0. The van der Waals surface area contributed by atoms with Crippen LogP contribution in [0.15, 0.2) is 0 Å². The van der Waals surface area contributed by atoms with Gasteiger partial charge in [-0.1, -0.05) is 6.92 Å². The SMILES string of the molecule is CCCN1CCN([C@@H](C)C(=O)OC)CC1. The summed E-state index contributed by atoms with van der Waals surface area (Å²) in [6.07, 6.45) is 1.20. The molecule has 1 heterocycles. The van der Waals surface area contributed by atoms with Crippen LogP contribution in [0.5, 0.6) is 0 Å². The minimum absolute atomic E-state index is 0.0984. The second-order valence-corrected chi connectivity index (χ2v) is 4.08. The maximum Gasteiger partial charge on any atom is 0.322 e. The number of piperazine rings is 1. The van der Waals surface area contributed by atoms with Gasteiger partial charge in [-0.3, -0.25) is 9.69 Å². The van der Waals surface area contributed by atoms with Gasteiger partial charge >= 0.3 is 5.97 Å². The van der Waals surface area contributed by atoms with Gasteiger partial charge in [-0.15, -0.1) is 0 Å². The van der Waals surface area contributed by atoms with Gasteiger partial charge in [0.15, 0.2) is 0 Å². The fourth-order valence-electron chi connectivity index (χ4n) is 2.01. The van der Waals surface area contributed by atoms with Gasteiger partial charge in [0.2, 0.25) is 0 Å². The van der Waals surface area contributed by atoms with Crippen LogP contribution in [0.2, 0.25) is 0 Å². The molecule has 0 aromatic rings. The van der Waals surface area contributed by atoms with Crippen molar-refractivity contribution in [2.45, 2.75) is 26.3 Å². The average Bonchev–Trinajstić information content (AvgIpc) is 2.28. The highest BCUT2D eigenvalue weighted by Gasteiger charge is 2.25. The van der Waals surface area contributed by atoms with E-state index in [0.29, 0.717) is 0 Å². The van der Waals surface area contributed by atoms with Crippen molar-refractivity contribution in [3.8, 4) is 0 Å². The molecule has 0 unspecified atom stereocenters. The molecule has 1 saturated heterocycles. The molecule has 15 heavy (non-hydrogen) atoms. The van der Waals surface area contributed by atoms with Gasteiger partial charge in [0.1, 0.15) is 6.04 Å². The van der Waals surface area contributed by atoms with Crippen molar-refractivity contribution in [2.75, 3.05) is 39.8 Å². The van der Waals surface area contributed by atoms with Crippen molar-refractivity contribution in [1.29, 1.82) is 0 Å². The zero-order valence-electron chi connectivity index (χ0n) is 10.0. The Morgan fingerprint density at radius 2 is 1.93 bits per heavy atom. The first-order chi connectivity index (χ1) is 7.19. The zero-order valence-corrected chi connectivity index (χ0v) is 10.0. The fourth-order valence-corrected chi connectivity index (χ4v) is 2.01. The summed E-state index contributed by atoms with van der Waals surface area (Å²) in [6, 6.07) is -0.0984. The second kappa shape index (κ2) is 6.08. The van der Waals surface area contributed by atoms with Crippen LogP contribution in [-0.2, 0) is 9.53 Å². The molecule has 0 N–H and O–H groups in total. The smallest absolute Gasteiger partial charge is 0.322 e. The number of ether oxygens (including phenoxy) is 1. The van der Waals surface area contributed by atoms with Crippen molar-refractivity contribution in [3.05, 3.63) is 0 Å². The van der Waals surface area contributed by atoms with Crippen LogP contribution in [0.25, 0.3) is 0 Å². The lowest BCUT2D eigenvalue weighted by atomic mass is 10.2. The van der Waals surface area contributed by atoms with E-state index in [0.717, 1.165) is 26.2 Å². The molecule has 1 fully saturated rings. The first-order valence-electron chi connectivity index (χ1n) is 5.73. The summed E-state index contributed by atoms with van der Waals surface area (Å²) in [7, 11) is 1.45. The largest absolute Gasteiger partial charge is 0.468 e. The topological polar surface area (TPSA) is 32.8 Å². The Bertz CT molecular complexity index is 201. The van der Waals surface area contributed by atoms with E-state index in [1.54, 1.807) is 0 Å². The van der Waals surface area contributed by atoms with Crippen molar-refractivity contribution in [1.82, 2.24) is 9.80 Å². The number of carbonyl (C=O) groups excluding carboxylic acids is 1. The normalized spacial score (nSPS) is 21.3. The molecule has 0 radical (unpaired) electrons. The maximum absolute atomic E-state index is 11.3. The number of carbonyl (C=O) groups is 1. The molecule has 1 aliphatic rings. The van der Waals surface area contributed by atoms with Crippen molar-refractivity contribution < 1.29 is 9.53 Å². The van der Waals surface area contributed by atoms with Crippen LogP contribution in [-0.4, -0.2) is 61.6 Å². The second-order valence-electron chi connectivity index (χ2n) is 4.08. The Kier molecular flexibility index (Phi) is 5.05. The van der Waals surface area contributed by atoms with Crippen LogP contribution in [0.1, 0.15) is 20.3 Å². The number of esters is 1. The highest BCUT2D eigenvalue weighted by atomic mass is 16.5. The third kappa shape index (κ3) is 3.47. The highest BCUT2D eigenvalue weighted by molar-refractivity contribution is 5.75. The van der Waals surface area contributed by atoms with E-state index < -0.39 is 0 Å². The number of rotatable bonds is 4. The van der Waals surface area contributed by atoms with Crippen molar-refractivity contribution >= 4 is 5.97 Å². The maximum atomic E-state index is 11.3. The third-order valence-electron chi connectivity index (χ3n) is 3.04. The molecule has 88 valence electrons. The first-order valence-corrected chi connectivity index (χ1v) is 5.73. The van der Waals surface area contributed by atoms with Crippen LogP contribution in [0.3, 0.4) is 0 Å². The molecule has 0 spiro atoms. The summed E-state index contributed by atoms with van der Waals surface area (Å²) in [5.41, 5.74) is 0. The van der Waals surface area contributed by atoms with E-state index in [4.69, 9.17) is 4.74 Å². The number of hydrogen-bond donors (Lipinski definition) is 0. The first kappa shape index (κ1) is 12.5. The van der Waals surface area contributed by atoms with Gasteiger partial charge in [-0.25, -0.2) is 0 Å². The molecule has 4 nitrogen and oxygen atoms in total. The molecule has 0 aliphatic carbocycles. The van der Waals surface area contributed by atoms with Gasteiger partial charge in [-0.2, -0.15) is 0 Å². The minimum atomic E-state index is -0.126. The quantitative estimate of drug-likeness (QED) is 0.641. The Balaban J connectivity index is 2.33. The van der Waals surface area contributed by atoms with Crippen LogP contribution in [0.4, 0.5) is 0 Å². The molecule has 0 amide bonds. The molecule has 0 aromatic carbocycles. The fraction of sp³-hybridized carbons (Fsp3) is 0.909. The van der Waals surface area contributed by atoms with Crippen LogP contribution < -0.4 is 0 Å². The molecule has 1 atom stereocenters. The van der Waals surface area contributed by atoms with E-state index in [-0.39, 0.29) is 12.0 Å². The Hall–Kier alpha value is -0.610. The standard InChI is InChI=1S/C11H22N2O2/c1-4-5-12-6-8-13(9-7-12)10(2)11(14)15-3/h10H,4-9H2,1-3H3/t10-/m0/s1. The molecule has 4 heteroatoms. The predicted octanol–water partition coefficient (Wildman–Crippen LogP) is 0.576. The van der Waals surface area contributed by atoms with Crippen molar-refractivity contribution in [2.24, 2.45) is 0 Å². The molecular formula is C11H22N2O2. The van der Waals surface area contributed by atoms with Crippen LogP contribution >= 0.6 is 0 Å². The van der Waals surface area contributed by atoms with Gasteiger partial charge < -0.3 is 9.64 Å². The molecule has 0 bridgehead atoms. The lowest BCUT2D eigenvalue weighted by molar-refractivity contribution is -0.147. The highest BCUT2D eigenvalue weighted by Crippen LogP contribution is 2.07. The molecule has 0 aromatic heterocycles. The number of hydrogen-bond acceptors (Lipinski definition) is 4. The number of nitrogens with zero attached hydrogens (tertiary/aromatic N) is 2. The third-order valence-corrected chi connectivity index (χ3v) is 3.04. The van der Waals surface area contributed by atoms with E-state index in [9.17, 15) is 4.79 Å². The van der Waals surface area contributed by atoms with Gasteiger partial charge in [-0.05, 0) is 19.9 Å². The predicted molar refractivity (Wildman–Crippen MR) is 59.8 cm³/mol. The lowest BCUT2D eigenvalue weighted by Gasteiger charge is -2.36. The van der Waals surface area contributed by atoms with E-state index in [1.807, 2.05) is 6.92 Å². The van der Waals surface area contributed by atoms with E-state index in [2.05, 4.69) is 16.7 Å². The Morgan fingerprint density at radius 1 is 1.33 bits per heavy atom. The molecular weight excluding hydrogens is 192 g/mol. The molecule has 0 saturated carbocycles. The van der Waals surface area contributed by atoms with E-state index >= 15 is 0 Å². The van der Waals surface area contributed by atoms with Gasteiger partial charge in [0.25, 0.3) is 0 Å². The van der Waals surface area contributed by atoms with Crippen molar-refractivity contribution in [3.63, 3.8) is 0 Å². The van der Waals surface area contributed by atoms with E-state index in [1.165, 1.54) is 20.1 Å². The zero-order chi connectivity index (χ0) is 11.3. The van der Waals surface area contributed by atoms with Gasteiger partial charge in [0, 0.05) is 26.2 Å². The summed E-state index contributed by atoms with van der Waals surface area (Å²) in [5, 5.41) is 0. The van der Waals surface area contributed by atoms with Gasteiger partial charge in [0.05, 0.1) is 7.11 Å². The summed E-state index contributed by atoms with van der Waals surface area (Å²) in [5.74, 6) is -0.126. The summed E-state index contributed by atoms with van der Waals surface area (Å²) < 4.78 is 4.75. The monoisotopic (exact) mass is 214 g/mol. The summed E-state index contributed by atoms with van der Waals surface area (Å²) >= 11 is 0. The summed E-state index contributed by atoms with van der Waals surface area (Å²) in [6.45, 7) is 9.35. The number of methoxy groups -OCH3 is 1. The molecule has 1 aliphatic heterocycles. The Labute approximate surface area is 92.2 Å². The molecule has 1 rings (SSSR count). The average molecular weight is 214 g/mol. The van der Waals surface area contributed by atoms with Crippen LogP contribution in [0, 0.1) is 0 Å².